The minimum absolute atomic E-state index is 0.197. The lowest BCUT2D eigenvalue weighted by Gasteiger charge is -2.15. The van der Waals surface area contributed by atoms with Gasteiger partial charge in [-0.1, -0.05) is 23.4 Å². The van der Waals surface area contributed by atoms with Gasteiger partial charge >= 0.3 is 0 Å². The Balaban J connectivity index is 1.53. The summed E-state index contributed by atoms with van der Waals surface area (Å²) in [5, 5.41) is 42.6. The second kappa shape index (κ2) is 7.70. The average Bonchev–Trinajstić information content (AvgIpc) is 3.20. The van der Waals surface area contributed by atoms with Gasteiger partial charge in [0.15, 0.2) is 0 Å². The molecule has 0 aliphatic carbocycles. The summed E-state index contributed by atoms with van der Waals surface area (Å²) < 4.78 is 1.53. The molecule has 3 rings (SSSR count). The maximum Gasteiger partial charge on any atom is 0.251 e. The van der Waals surface area contributed by atoms with E-state index in [0.29, 0.717) is 11.3 Å². The van der Waals surface area contributed by atoms with Crippen LogP contribution in [0.25, 0.3) is 0 Å². The summed E-state index contributed by atoms with van der Waals surface area (Å²) in [7, 11) is 0. The third-order valence-corrected chi connectivity index (χ3v) is 4.24. The van der Waals surface area contributed by atoms with Gasteiger partial charge in [0.1, 0.15) is 5.69 Å². The van der Waals surface area contributed by atoms with Crippen molar-refractivity contribution in [2.45, 2.75) is 37.4 Å². The zero-order chi connectivity index (χ0) is 17.8. The molecule has 0 bridgehead atoms. The molecule has 0 radical (unpaired) electrons. The second-order valence-electron chi connectivity index (χ2n) is 6.02. The van der Waals surface area contributed by atoms with Crippen LogP contribution < -0.4 is 10.6 Å². The molecule has 25 heavy (non-hydrogen) atoms. The Kier molecular flexibility index (Phi) is 5.39. The van der Waals surface area contributed by atoms with E-state index in [1.807, 2.05) is 6.07 Å². The number of nitrogens with zero attached hydrogens (tertiary/aromatic N) is 3. The van der Waals surface area contributed by atoms with Gasteiger partial charge in [0.25, 0.3) is 5.91 Å². The lowest BCUT2D eigenvalue weighted by atomic mass is 10.1. The lowest BCUT2D eigenvalue weighted by Crippen LogP contribution is -2.38. The van der Waals surface area contributed by atoms with E-state index < -0.39 is 24.3 Å². The van der Waals surface area contributed by atoms with Gasteiger partial charge in [0.2, 0.25) is 0 Å². The van der Waals surface area contributed by atoms with Crippen LogP contribution in [0.5, 0.6) is 0 Å². The number of amides is 1. The highest BCUT2D eigenvalue weighted by molar-refractivity contribution is 5.93. The van der Waals surface area contributed by atoms with Crippen LogP contribution in [0.4, 0.5) is 0 Å². The monoisotopic (exact) mass is 347 g/mol. The Bertz CT molecular complexity index is 708. The quantitative estimate of drug-likeness (QED) is 0.419. The van der Waals surface area contributed by atoms with Gasteiger partial charge in [-0.2, -0.15) is 0 Å². The fraction of sp³-hybridized carbons (Fsp3) is 0.438. The van der Waals surface area contributed by atoms with Crippen molar-refractivity contribution < 1.29 is 20.1 Å². The molecule has 134 valence electrons. The molecule has 0 spiro atoms. The van der Waals surface area contributed by atoms with Crippen LogP contribution in [0.2, 0.25) is 0 Å². The molecule has 0 saturated carbocycles. The van der Waals surface area contributed by atoms with Gasteiger partial charge < -0.3 is 26.0 Å². The molecule has 9 nitrogen and oxygen atoms in total. The molecule has 1 aromatic carbocycles. The van der Waals surface area contributed by atoms with E-state index in [-0.39, 0.29) is 25.6 Å². The summed E-state index contributed by atoms with van der Waals surface area (Å²) in [5.41, 5.74) is 1.15. The molecule has 9 heteroatoms. The predicted molar refractivity (Wildman–Crippen MR) is 87.4 cm³/mol. The molecule has 1 fully saturated rings. The number of carbonyl (C=O) groups is 1. The number of aliphatic hydroxyl groups is 3. The molecule has 1 aliphatic heterocycles. The van der Waals surface area contributed by atoms with Crippen LogP contribution >= 0.6 is 0 Å². The topological polar surface area (TPSA) is 133 Å². The van der Waals surface area contributed by atoms with Crippen molar-refractivity contribution in [1.29, 1.82) is 0 Å². The van der Waals surface area contributed by atoms with Crippen molar-refractivity contribution in [3.63, 3.8) is 0 Å². The molecule has 0 unspecified atom stereocenters. The van der Waals surface area contributed by atoms with Gasteiger partial charge in [-0.25, -0.2) is 0 Å². The van der Waals surface area contributed by atoms with Crippen molar-refractivity contribution in [2.24, 2.45) is 0 Å². The number of aliphatic hydroxyl groups excluding tert-OH is 3. The van der Waals surface area contributed by atoms with Crippen LogP contribution in [0.1, 0.15) is 16.1 Å². The van der Waals surface area contributed by atoms with Crippen molar-refractivity contribution in [3.05, 3.63) is 47.8 Å². The highest BCUT2D eigenvalue weighted by Crippen LogP contribution is 2.15. The van der Waals surface area contributed by atoms with Crippen molar-refractivity contribution >= 4 is 5.91 Å². The Morgan fingerprint density at radius 3 is 2.60 bits per heavy atom. The first-order valence-corrected chi connectivity index (χ1v) is 8.04. The largest absolute Gasteiger partial charge is 0.395 e. The molecule has 1 amide bonds. The Morgan fingerprint density at radius 2 is 1.92 bits per heavy atom. The Labute approximate surface area is 144 Å². The van der Waals surface area contributed by atoms with E-state index in [0.717, 1.165) is 0 Å². The van der Waals surface area contributed by atoms with Crippen molar-refractivity contribution in [2.75, 3.05) is 6.61 Å². The highest BCUT2D eigenvalue weighted by Gasteiger charge is 2.40. The third-order valence-electron chi connectivity index (χ3n) is 4.24. The zero-order valence-electron chi connectivity index (χ0n) is 13.5. The van der Waals surface area contributed by atoms with E-state index in [9.17, 15) is 15.0 Å². The number of benzene rings is 1. The molecular formula is C16H21N5O4. The fourth-order valence-corrected chi connectivity index (χ4v) is 2.84. The normalized spacial score (nSPS) is 25.9. The first-order chi connectivity index (χ1) is 12.1. The van der Waals surface area contributed by atoms with E-state index in [1.165, 1.54) is 4.68 Å². The number of hydrogen-bond donors (Lipinski definition) is 5. The molecule has 4 atom stereocenters. The van der Waals surface area contributed by atoms with Crippen LogP contribution in [-0.2, 0) is 13.1 Å². The smallest absolute Gasteiger partial charge is 0.251 e. The second-order valence-corrected chi connectivity index (χ2v) is 6.02. The number of nitrogens with one attached hydrogen (secondary N) is 2. The first-order valence-electron chi connectivity index (χ1n) is 8.04. The number of aromatic nitrogens is 3. The van der Waals surface area contributed by atoms with Crippen LogP contribution in [-0.4, -0.2) is 67.1 Å². The standard InChI is InChI=1S/C16H21N5O4/c22-9-13-15(24)14(23)12(18-13)8-21-7-11(19-20-21)6-17-16(25)10-4-2-1-3-5-10/h1-5,7,12-15,18,22-24H,6,8-9H2,(H,17,25)/t12-,13-,14-,15-/m1/s1. The van der Waals surface area contributed by atoms with Crippen LogP contribution in [0.3, 0.4) is 0 Å². The first kappa shape index (κ1) is 17.5. The average molecular weight is 347 g/mol. The van der Waals surface area contributed by atoms with Crippen LogP contribution in [0.15, 0.2) is 36.5 Å². The Hall–Kier alpha value is -2.33. The van der Waals surface area contributed by atoms with Crippen LogP contribution in [0, 0.1) is 0 Å². The fourth-order valence-electron chi connectivity index (χ4n) is 2.84. The number of hydrogen-bond acceptors (Lipinski definition) is 7. The summed E-state index contributed by atoms with van der Waals surface area (Å²) in [6.45, 7) is 0.257. The summed E-state index contributed by atoms with van der Waals surface area (Å²) in [6, 6.07) is 7.86. The molecule has 2 aromatic rings. The maximum atomic E-state index is 12.0. The SMILES string of the molecule is O=C(NCc1cn(C[C@H]2N[C@H](CO)[C@@H](O)[C@@H]2O)nn1)c1ccccc1. The molecule has 1 aromatic heterocycles. The minimum Gasteiger partial charge on any atom is -0.395 e. The van der Waals surface area contributed by atoms with Crippen molar-refractivity contribution in [1.82, 2.24) is 25.6 Å². The van der Waals surface area contributed by atoms with E-state index in [4.69, 9.17) is 5.11 Å². The minimum atomic E-state index is -1.02. The lowest BCUT2D eigenvalue weighted by molar-refractivity contribution is 0.0175. The Morgan fingerprint density at radius 1 is 1.20 bits per heavy atom. The van der Waals surface area contributed by atoms with Gasteiger partial charge in [0.05, 0.1) is 50.2 Å². The van der Waals surface area contributed by atoms with Crippen molar-refractivity contribution in [3.8, 4) is 0 Å². The molecule has 1 aliphatic rings. The van der Waals surface area contributed by atoms with Gasteiger partial charge in [-0.05, 0) is 12.1 Å². The number of carbonyl (C=O) groups excluding carboxylic acids is 1. The van der Waals surface area contributed by atoms with E-state index >= 15 is 0 Å². The zero-order valence-corrected chi connectivity index (χ0v) is 13.5. The summed E-state index contributed by atoms with van der Waals surface area (Å²) >= 11 is 0. The summed E-state index contributed by atoms with van der Waals surface area (Å²) in [5.74, 6) is -0.197. The number of rotatable bonds is 6. The molecule has 2 heterocycles. The molecular weight excluding hydrogens is 326 g/mol. The predicted octanol–water partition coefficient (Wildman–Crippen LogP) is -1.74. The van der Waals surface area contributed by atoms with Gasteiger partial charge in [-0.15, -0.1) is 5.10 Å². The molecule has 1 saturated heterocycles. The molecule has 5 N–H and O–H groups in total. The summed E-state index contributed by atoms with van der Waals surface area (Å²) in [4.78, 5) is 12.0. The third kappa shape index (κ3) is 4.02. The maximum absolute atomic E-state index is 12.0. The van der Waals surface area contributed by atoms with E-state index in [1.54, 1.807) is 30.5 Å². The van der Waals surface area contributed by atoms with E-state index in [2.05, 4.69) is 20.9 Å². The highest BCUT2D eigenvalue weighted by atomic mass is 16.3. The van der Waals surface area contributed by atoms with Gasteiger partial charge in [0, 0.05) is 5.56 Å². The summed E-state index contributed by atoms with van der Waals surface area (Å²) in [6.07, 6.45) is -0.357. The van der Waals surface area contributed by atoms with Gasteiger partial charge in [-0.3, -0.25) is 9.48 Å².